The number of aromatic nitrogens is 1. The Balaban J connectivity index is 1.55. The Kier molecular flexibility index (Phi) is 5.01. The van der Waals surface area contributed by atoms with Crippen LogP contribution in [0.15, 0.2) is 58.8 Å². The highest BCUT2D eigenvalue weighted by Crippen LogP contribution is 2.23. The van der Waals surface area contributed by atoms with Crippen molar-refractivity contribution in [1.29, 1.82) is 0 Å². The summed E-state index contributed by atoms with van der Waals surface area (Å²) in [5, 5.41) is 3.89. The molecule has 0 atom stereocenters. The number of sulfonamides is 1. The highest BCUT2D eigenvalue weighted by atomic mass is 32.2. The van der Waals surface area contributed by atoms with Crippen LogP contribution in [-0.2, 0) is 21.4 Å². The smallest absolute Gasteiger partial charge is 0.259 e. The molecular formula is C20H23N5O3S. The molecule has 1 aromatic heterocycles. The van der Waals surface area contributed by atoms with Crippen molar-refractivity contribution < 1.29 is 13.2 Å². The Hall–Kier alpha value is -2.91. The summed E-state index contributed by atoms with van der Waals surface area (Å²) < 4.78 is 29.7. The van der Waals surface area contributed by atoms with E-state index in [0.717, 1.165) is 24.0 Å². The molecule has 1 aromatic carbocycles. The molecule has 1 amide bonds. The number of anilines is 1. The van der Waals surface area contributed by atoms with Gasteiger partial charge in [-0.05, 0) is 50.5 Å². The van der Waals surface area contributed by atoms with Crippen molar-refractivity contribution in [3.05, 3.63) is 54.4 Å². The molecule has 0 saturated heterocycles. The number of hydrogen-bond donors (Lipinski definition) is 1. The minimum Gasteiger partial charge on any atom is -0.346 e. The fourth-order valence-corrected chi connectivity index (χ4v) is 4.36. The predicted octanol–water partition coefficient (Wildman–Crippen LogP) is 1.64. The van der Waals surface area contributed by atoms with Crippen molar-refractivity contribution in [2.24, 2.45) is 4.40 Å². The average molecular weight is 414 g/mol. The first-order chi connectivity index (χ1) is 13.8. The first-order valence-electron chi connectivity index (χ1n) is 9.35. The van der Waals surface area contributed by atoms with E-state index in [-0.39, 0.29) is 29.6 Å². The lowest BCUT2D eigenvalue weighted by Gasteiger charge is -2.28. The SMILES string of the molecule is CN(C)CCn1ccc2cc(NC(=O)C3=CC=CN4CCS(=O)(=O)N=C34)ccc21. The average Bonchev–Trinajstić information content (AvgIpc) is 3.07. The van der Waals surface area contributed by atoms with Crippen molar-refractivity contribution in [2.45, 2.75) is 6.54 Å². The van der Waals surface area contributed by atoms with Gasteiger partial charge < -0.3 is 19.7 Å². The zero-order valence-corrected chi connectivity index (χ0v) is 17.2. The summed E-state index contributed by atoms with van der Waals surface area (Å²) in [7, 11) is 0.533. The van der Waals surface area contributed by atoms with Crippen LogP contribution in [0.4, 0.5) is 5.69 Å². The maximum Gasteiger partial charge on any atom is 0.259 e. The van der Waals surface area contributed by atoms with E-state index >= 15 is 0 Å². The number of carbonyl (C=O) groups is 1. The minimum absolute atomic E-state index is 0.0583. The number of nitrogens with zero attached hydrogens (tertiary/aromatic N) is 4. The number of allylic oxidation sites excluding steroid dienone is 2. The molecule has 2 aliphatic heterocycles. The third kappa shape index (κ3) is 4.10. The molecule has 2 aromatic rings. The van der Waals surface area contributed by atoms with Gasteiger partial charge in [0.25, 0.3) is 15.9 Å². The number of nitrogens with one attached hydrogen (secondary N) is 1. The summed E-state index contributed by atoms with van der Waals surface area (Å²) in [5.74, 6) is -0.272. The molecule has 9 heteroatoms. The number of fused-ring (bicyclic) bond motifs is 2. The van der Waals surface area contributed by atoms with Gasteiger partial charge in [0.15, 0.2) is 5.84 Å². The Morgan fingerprint density at radius 1 is 1.28 bits per heavy atom. The highest BCUT2D eigenvalue weighted by Gasteiger charge is 2.30. The number of amidine groups is 1. The van der Waals surface area contributed by atoms with Gasteiger partial charge in [0.1, 0.15) is 0 Å². The Bertz CT molecular complexity index is 1160. The van der Waals surface area contributed by atoms with Crippen LogP contribution in [0.1, 0.15) is 0 Å². The molecule has 3 heterocycles. The maximum absolute atomic E-state index is 12.8. The van der Waals surface area contributed by atoms with Crippen LogP contribution in [0.2, 0.25) is 0 Å². The van der Waals surface area contributed by atoms with E-state index < -0.39 is 10.0 Å². The molecule has 0 saturated carbocycles. The second-order valence-corrected chi connectivity index (χ2v) is 9.11. The highest BCUT2D eigenvalue weighted by molar-refractivity contribution is 7.90. The molecule has 4 rings (SSSR count). The summed E-state index contributed by atoms with van der Waals surface area (Å²) in [6.45, 7) is 2.10. The summed E-state index contributed by atoms with van der Waals surface area (Å²) in [6, 6.07) is 7.76. The van der Waals surface area contributed by atoms with Crippen LogP contribution in [0.5, 0.6) is 0 Å². The van der Waals surface area contributed by atoms with Crippen LogP contribution in [0.3, 0.4) is 0 Å². The van der Waals surface area contributed by atoms with Crippen LogP contribution in [0, 0.1) is 0 Å². The molecule has 152 valence electrons. The van der Waals surface area contributed by atoms with Crippen LogP contribution in [0.25, 0.3) is 10.9 Å². The number of likely N-dealkylation sites (N-methyl/N-ethyl adjacent to an activating group) is 1. The molecule has 0 unspecified atom stereocenters. The fourth-order valence-electron chi connectivity index (χ4n) is 3.37. The van der Waals surface area contributed by atoms with Crippen LogP contribution < -0.4 is 5.32 Å². The molecule has 29 heavy (non-hydrogen) atoms. The van der Waals surface area contributed by atoms with Gasteiger partial charge in [0, 0.05) is 48.6 Å². The van der Waals surface area contributed by atoms with E-state index in [9.17, 15) is 13.2 Å². The Morgan fingerprint density at radius 3 is 2.90 bits per heavy atom. The van der Waals surface area contributed by atoms with E-state index in [1.54, 1.807) is 23.3 Å². The second-order valence-electron chi connectivity index (χ2n) is 7.36. The lowest BCUT2D eigenvalue weighted by atomic mass is 10.1. The molecule has 0 radical (unpaired) electrons. The van der Waals surface area contributed by atoms with Crippen molar-refractivity contribution in [2.75, 3.05) is 38.3 Å². The summed E-state index contributed by atoms with van der Waals surface area (Å²) >= 11 is 0. The van der Waals surface area contributed by atoms with Gasteiger partial charge >= 0.3 is 0 Å². The van der Waals surface area contributed by atoms with E-state index in [1.165, 1.54) is 0 Å². The Morgan fingerprint density at radius 2 is 2.10 bits per heavy atom. The van der Waals surface area contributed by atoms with Gasteiger partial charge in [-0.15, -0.1) is 4.40 Å². The van der Waals surface area contributed by atoms with Gasteiger partial charge in [0.2, 0.25) is 0 Å². The number of hydrogen-bond acceptors (Lipinski definition) is 5. The lowest BCUT2D eigenvalue weighted by molar-refractivity contribution is -0.112. The van der Waals surface area contributed by atoms with Crippen LogP contribution >= 0.6 is 0 Å². The third-order valence-corrected chi connectivity index (χ3v) is 6.07. The number of amides is 1. The minimum atomic E-state index is -3.54. The van der Waals surface area contributed by atoms with E-state index in [2.05, 4.69) is 19.2 Å². The zero-order valence-electron chi connectivity index (χ0n) is 16.4. The molecule has 0 fully saturated rings. The van der Waals surface area contributed by atoms with Crippen molar-refractivity contribution >= 4 is 38.4 Å². The first-order valence-corrected chi connectivity index (χ1v) is 11.0. The molecular weight excluding hydrogens is 390 g/mol. The van der Waals surface area contributed by atoms with Crippen LogP contribution in [-0.4, -0.2) is 67.5 Å². The first kappa shape index (κ1) is 19.4. The maximum atomic E-state index is 12.8. The van der Waals surface area contributed by atoms with E-state index in [4.69, 9.17) is 0 Å². The van der Waals surface area contributed by atoms with E-state index in [0.29, 0.717) is 5.69 Å². The van der Waals surface area contributed by atoms with Gasteiger partial charge in [-0.25, -0.2) is 8.42 Å². The molecule has 2 aliphatic rings. The number of rotatable bonds is 5. The molecule has 0 bridgehead atoms. The molecule has 1 N–H and O–H groups in total. The lowest BCUT2D eigenvalue weighted by Crippen LogP contribution is -2.40. The van der Waals surface area contributed by atoms with Gasteiger partial charge in [-0.1, -0.05) is 0 Å². The second kappa shape index (κ2) is 7.49. The standard InChI is InChI=1S/C20H23N5O3S/c1-23(2)10-11-24-9-7-15-14-16(5-6-18(15)24)21-20(26)17-4-3-8-25-12-13-29(27,28)22-19(17)25/h3-9,14H,10-13H2,1-2H3,(H,21,26). The quantitative estimate of drug-likeness (QED) is 0.805. The number of carbonyl (C=O) groups excluding carboxylic acids is 1. The normalized spacial score (nSPS) is 17.8. The molecule has 0 spiro atoms. The number of benzene rings is 1. The van der Waals surface area contributed by atoms with E-state index in [1.807, 2.05) is 44.6 Å². The van der Waals surface area contributed by atoms with Crippen molar-refractivity contribution in [1.82, 2.24) is 14.4 Å². The topological polar surface area (TPSA) is 87.0 Å². The summed E-state index contributed by atoms with van der Waals surface area (Å²) in [5.41, 5.74) is 1.98. The predicted molar refractivity (Wildman–Crippen MR) is 114 cm³/mol. The summed E-state index contributed by atoms with van der Waals surface area (Å²) in [6.07, 6.45) is 7.07. The zero-order chi connectivity index (χ0) is 20.6. The monoisotopic (exact) mass is 413 g/mol. The summed E-state index contributed by atoms with van der Waals surface area (Å²) in [4.78, 5) is 16.6. The third-order valence-electron chi connectivity index (χ3n) is 4.92. The largest absolute Gasteiger partial charge is 0.346 e. The van der Waals surface area contributed by atoms with Gasteiger partial charge in [-0.3, -0.25) is 4.79 Å². The fraction of sp³-hybridized carbons (Fsp3) is 0.300. The Labute approximate surface area is 169 Å². The molecule has 0 aliphatic carbocycles. The van der Waals surface area contributed by atoms with Crippen molar-refractivity contribution in [3.63, 3.8) is 0 Å². The molecule has 8 nitrogen and oxygen atoms in total. The van der Waals surface area contributed by atoms with Crippen molar-refractivity contribution in [3.8, 4) is 0 Å². The van der Waals surface area contributed by atoms with Gasteiger partial charge in [0.05, 0.1) is 11.3 Å². The van der Waals surface area contributed by atoms with Gasteiger partial charge in [-0.2, -0.15) is 0 Å².